The van der Waals surface area contributed by atoms with Gasteiger partial charge in [0.1, 0.15) is 0 Å². The molecule has 1 rings (SSSR count). The van der Waals surface area contributed by atoms with Crippen molar-refractivity contribution < 1.29 is 0 Å². The largest absolute Gasteiger partial charge is 0.329 e. The van der Waals surface area contributed by atoms with Crippen LogP contribution in [0.3, 0.4) is 0 Å². The SMILES string of the molecule is CC1CN(C(C)CN)CC(C)S1. The van der Waals surface area contributed by atoms with Gasteiger partial charge in [0.25, 0.3) is 0 Å². The maximum Gasteiger partial charge on any atom is 0.0191 e. The van der Waals surface area contributed by atoms with Crippen LogP contribution in [0.5, 0.6) is 0 Å². The molecule has 1 fully saturated rings. The standard InChI is InChI=1S/C9H20N2S/c1-7(4-10)11-5-8(2)12-9(3)6-11/h7-9H,4-6,10H2,1-3H3. The van der Waals surface area contributed by atoms with Crippen LogP contribution in [0.25, 0.3) is 0 Å². The average Bonchev–Trinajstić information content (AvgIpc) is 2.01. The lowest BCUT2D eigenvalue weighted by atomic mass is 10.2. The fourth-order valence-corrected chi connectivity index (χ4v) is 3.07. The third-order valence-corrected chi connectivity index (χ3v) is 3.64. The molecule has 0 radical (unpaired) electrons. The molecule has 0 saturated carbocycles. The third kappa shape index (κ3) is 2.64. The zero-order valence-corrected chi connectivity index (χ0v) is 9.10. The quantitative estimate of drug-likeness (QED) is 0.705. The Morgan fingerprint density at radius 3 is 2.33 bits per heavy atom. The van der Waals surface area contributed by atoms with Crippen LogP contribution in [0.15, 0.2) is 0 Å². The van der Waals surface area contributed by atoms with E-state index in [1.54, 1.807) is 0 Å². The maximum absolute atomic E-state index is 5.65. The van der Waals surface area contributed by atoms with Crippen molar-refractivity contribution in [2.24, 2.45) is 5.73 Å². The summed E-state index contributed by atoms with van der Waals surface area (Å²) in [6, 6.07) is 0.552. The Labute approximate surface area is 79.9 Å². The molecule has 72 valence electrons. The smallest absolute Gasteiger partial charge is 0.0191 e. The van der Waals surface area contributed by atoms with E-state index in [4.69, 9.17) is 5.73 Å². The van der Waals surface area contributed by atoms with E-state index >= 15 is 0 Å². The van der Waals surface area contributed by atoms with Gasteiger partial charge in [0, 0.05) is 36.2 Å². The first-order valence-corrected chi connectivity index (χ1v) is 5.67. The first kappa shape index (κ1) is 10.4. The zero-order valence-electron chi connectivity index (χ0n) is 8.29. The van der Waals surface area contributed by atoms with Gasteiger partial charge in [0.2, 0.25) is 0 Å². The lowest BCUT2D eigenvalue weighted by Gasteiger charge is -2.38. The van der Waals surface area contributed by atoms with E-state index in [0.717, 1.165) is 17.0 Å². The molecule has 1 heterocycles. The second kappa shape index (κ2) is 4.49. The summed E-state index contributed by atoms with van der Waals surface area (Å²) in [6.07, 6.45) is 0. The van der Waals surface area contributed by atoms with Crippen LogP contribution in [0.2, 0.25) is 0 Å². The highest BCUT2D eigenvalue weighted by Gasteiger charge is 2.24. The second-order valence-electron chi connectivity index (χ2n) is 3.80. The van der Waals surface area contributed by atoms with Gasteiger partial charge in [0.15, 0.2) is 0 Å². The van der Waals surface area contributed by atoms with E-state index in [1.165, 1.54) is 13.1 Å². The topological polar surface area (TPSA) is 29.3 Å². The fraction of sp³-hybridized carbons (Fsp3) is 1.00. The van der Waals surface area contributed by atoms with Gasteiger partial charge >= 0.3 is 0 Å². The van der Waals surface area contributed by atoms with Crippen molar-refractivity contribution in [1.29, 1.82) is 0 Å². The first-order valence-electron chi connectivity index (χ1n) is 4.73. The van der Waals surface area contributed by atoms with E-state index in [1.807, 2.05) is 0 Å². The van der Waals surface area contributed by atoms with Crippen molar-refractivity contribution in [2.45, 2.75) is 37.3 Å². The highest BCUT2D eigenvalue weighted by molar-refractivity contribution is 8.00. The Kier molecular flexibility index (Phi) is 3.87. The van der Waals surface area contributed by atoms with Crippen molar-refractivity contribution in [1.82, 2.24) is 4.90 Å². The van der Waals surface area contributed by atoms with E-state index in [9.17, 15) is 0 Å². The highest BCUT2D eigenvalue weighted by atomic mass is 32.2. The molecule has 2 N–H and O–H groups in total. The number of nitrogens with two attached hydrogens (primary N) is 1. The van der Waals surface area contributed by atoms with Crippen LogP contribution in [0.4, 0.5) is 0 Å². The Balaban J connectivity index is 2.43. The molecule has 0 bridgehead atoms. The summed E-state index contributed by atoms with van der Waals surface area (Å²) in [4.78, 5) is 2.51. The maximum atomic E-state index is 5.65. The Morgan fingerprint density at radius 2 is 1.92 bits per heavy atom. The van der Waals surface area contributed by atoms with Crippen LogP contribution >= 0.6 is 11.8 Å². The summed E-state index contributed by atoms with van der Waals surface area (Å²) in [5, 5.41) is 1.53. The van der Waals surface area contributed by atoms with Crippen molar-refractivity contribution in [3.63, 3.8) is 0 Å². The van der Waals surface area contributed by atoms with E-state index in [2.05, 4.69) is 37.4 Å². The molecular formula is C9H20N2S. The molecule has 1 aliphatic rings. The molecular weight excluding hydrogens is 168 g/mol. The van der Waals surface area contributed by atoms with Crippen molar-refractivity contribution >= 4 is 11.8 Å². The summed E-state index contributed by atoms with van der Waals surface area (Å²) in [5.74, 6) is 0. The van der Waals surface area contributed by atoms with Crippen LogP contribution in [0.1, 0.15) is 20.8 Å². The zero-order chi connectivity index (χ0) is 9.14. The summed E-state index contributed by atoms with van der Waals surface area (Å²) < 4.78 is 0. The number of nitrogens with zero attached hydrogens (tertiary/aromatic N) is 1. The number of hydrogen-bond acceptors (Lipinski definition) is 3. The molecule has 3 heteroatoms. The van der Waals surface area contributed by atoms with Gasteiger partial charge in [-0.05, 0) is 6.92 Å². The van der Waals surface area contributed by atoms with Gasteiger partial charge in [-0.25, -0.2) is 0 Å². The second-order valence-corrected chi connectivity index (χ2v) is 5.68. The minimum Gasteiger partial charge on any atom is -0.329 e. The summed E-state index contributed by atoms with van der Waals surface area (Å²) in [7, 11) is 0. The summed E-state index contributed by atoms with van der Waals surface area (Å²) >= 11 is 2.09. The normalized spacial score (nSPS) is 35.0. The minimum absolute atomic E-state index is 0.552. The van der Waals surface area contributed by atoms with Crippen molar-refractivity contribution in [2.75, 3.05) is 19.6 Å². The highest BCUT2D eigenvalue weighted by Crippen LogP contribution is 2.25. The van der Waals surface area contributed by atoms with Gasteiger partial charge in [0.05, 0.1) is 0 Å². The molecule has 1 saturated heterocycles. The van der Waals surface area contributed by atoms with Gasteiger partial charge in [-0.2, -0.15) is 11.8 Å². The lowest BCUT2D eigenvalue weighted by molar-refractivity contribution is 0.211. The van der Waals surface area contributed by atoms with Gasteiger partial charge in [-0.15, -0.1) is 0 Å². The van der Waals surface area contributed by atoms with Gasteiger partial charge in [-0.3, -0.25) is 4.90 Å². The third-order valence-electron chi connectivity index (χ3n) is 2.41. The summed E-state index contributed by atoms with van der Waals surface area (Å²) in [5.41, 5.74) is 5.65. The van der Waals surface area contributed by atoms with E-state index in [-0.39, 0.29) is 0 Å². The van der Waals surface area contributed by atoms with Crippen LogP contribution in [-0.4, -0.2) is 41.1 Å². The molecule has 0 aromatic rings. The molecule has 12 heavy (non-hydrogen) atoms. The van der Waals surface area contributed by atoms with Crippen molar-refractivity contribution in [3.05, 3.63) is 0 Å². The molecule has 3 unspecified atom stereocenters. The Morgan fingerprint density at radius 1 is 1.42 bits per heavy atom. The minimum atomic E-state index is 0.552. The van der Waals surface area contributed by atoms with Crippen LogP contribution in [0, 0.1) is 0 Å². The molecule has 0 aromatic heterocycles. The first-order chi connectivity index (χ1) is 5.63. The van der Waals surface area contributed by atoms with Gasteiger partial charge < -0.3 is 5.73 Å². The molecule has 3 atom stereocenters. The monoisotopic (exact) mass is 188 g/mol. The number of hydrogen-bond donors (Lipinski definition) is 1. The predicted molar refractivity (Wildman–Crippen MR) is 56.6 cm³/mol. The van der Waals surface area contributed by atoms with E-state index in [0.29, 0.717) is 6.04 Å². The molecule has 1 aliphatic heterocycles. The molecule has 0 aliphatic carbocycles. The fourth-order valence-electron chi connectivity index (χ4n) is 1.73. The Bertz CT molecular complexity index is 130. The van der Waals surface area contributed by atoms with Gasteiger partial charge in [-0.1, -0.05) is 13.8 Å². The number of thioether (sulfide) groups is 1. The predicted octanol–water partition coefficient (Wildman–Crippen LogP) is 1.16. The van der Waals surface area contributed by atoms with E-state index < -0.39 is 0 Å². The molecule has 0 aromatic carbocycles. The average molecular weight is 188 g/mol. The molecule has 0 amide bonds. The molecule has 0 spiro atoms. The summed E-state index contributed by atoms with van der Waals surface area (Å²) in [6.45, 7) is 10.0. The van der Waals surface area contributed by atoms with Crippen molar-refractivity contribution in [3.8, 4) is 0 Å². The lowest BCUT2D eigenvalue weighted by Crippen LogP contribution is -2.47. The molecule has 2 nitrogen and oxygen atoms in total. The van der Waals surface area contributed by atoms with Crippen LogP contribution in [-0.2, 0) is 0 Å². The van der Waals surface area contributed by atoms with Crippen LogP contribution < -0.4 is 5.73 Å². The Hall–Kier alpha value is 0.270. The number of rotatable bonds is 2.